The van der Waals surface area contributed by atoms with Crippen LogP contribution in [0.2, 0.25) is 0 Å². The summed E-state index contributed by atoms with van der Waals surface area (Å²) in [5.74, 6) is 0.678. The van der Waals surface area contributed by atoms with Gasteiger partial charge in [-0.3, -0.25) is 0 Å². The minimum atomic E-state index is -2.99. The predicted octanol–water partition coefficient (Wildman–Crippen LogP) is 0.926. The minimum absolute atomic E-state index is 0.209. The van der Waals surface area contributed by atoms with E-state index in [2.05, 4.69) is 4.98 Å². The van der Waals surface area contributed by atoms with Gasteiger partial charge in [0.25, 0.3) is 0 Å². The highest BCUT2D eigenvalue weighted by Crippen LogP contribution is 2.22. The normalized spacial score (nSPS) is 23.4. The Bertz CT molecular complexity index is 491. The van der Waals surface area contributed by atoms with Crippen LogP contribution in [-0.2, 0) is 27.5 Å². The molecule has 94 valence electrons. The van der Waals surface area contributed by atoms with E-state index in [4.69, 9.17) is 4.42 Å². The first kappa shape index (κ1) is 12.3. The lowest BCUT2D eigenvalue weighted by atomic mass is 10.1. The fraction of sp³-hybridized carbons (Fsp3) is 0.636. The number of aldehydes is 1. The van der Waals surface area contributed by atoms with Gasteiger partial charge in [-0.1, -0.05) is 6.42 Å². The molecular formula is C11H15NO4S. The molecule has 0 N–H and O–H groups in total. The van der Waals surface area contributed by atoms with Crippen LogP contribution in [0.5, 0.6) is 0 Å². The molecule has 0 spiro atoms. The van der Waals surface area contributed by atoms with Crippen molar-refractivity contribution in [1.82, 2.24) is 4.98 Å². The fourth-order valence-electron chi connectivity index (χ4n) is 2.07. The van der Waals surface area contributed by atoms with Gasteiger partial charge in [0.2, 0.25) is 0 Å². The summed E-state index contributed by atoms with van der Waals surface area (Å²) < 4.78 is 28.8. The highest BCUT2D eigenvalue weighted by atomic mass is 32.2. The fourth-order valence-corrected chi connectivity index (χ4v) is 3.93. The van der Waals surface area contributed by atoms with E-state index in [0.29, 0.717) is 24.4 Å². The molecule has 2 heterocycles. The molecule has 1 aliphatic heterocycles. The van der Waals surface area contributed by atoms with E-state index in [9.17, 15) is 13.2 Å². The Morgan fingerprint density at radius 2 is 2.29 bits per heavy atom. The van der Waals surface area contributed by atoms with Gasteiger partial charge in [-0.15, -0.1) is 0 Å². The Balaban J connectivity index is 2.06. The zero-order valence-corrected chi connectivity index (χ0v) is 10.3. The maximum atomic E-state index is 11.8. The zero-order chi connectivity index (χ0) is 12.3. The summed E-state index contributed by atoms with van der Waals surface area (Å²) >= 11 is 0. The number of carbonyl (C=O) groups is 1. The maximum Gasteiger partial charge on any atom is 0.195 e. The van der Waals surface area contributed by atoms with Gasteiger partial charge in [0.05, 0.1) is 16.7 Å². The average Bonchev–Trinajstić information content (AvgIpc) is 2.70. The monoisotopic (exact) mass is 257 g/mol. The number of sulfone groups is 1. The van der Waals surface area contributed by atoms with Gasteiger partial charge in [0, 0.05) is 12.8 Å². The van der Waals surface area contributed by atoms with Crippen molar-refractivity contribution >= 4 is 16.1 Å². The largest absolute Gasteiger partial charge is 0.449 e. The molecule has 1 atom stereocenters. The van der Waals surface area contributed by atoms with Crippen LogP contribution in [0, 0.1) is 0 Å². The van der Waals surface area contributed by atoms with Crippen molar-refractivity contribution in [3.63, 3.8) is 0 Å². The van der Waals surface area contributed by atoms with Crippen molar-refractivity contribution < 1.29 is 17.6 Å². The molecule has 1 fully saturated rings. The quantitative estimate of drug-likeness (QED) is 0.750. The second-order valence-corrected chi connectivity index (χ2v) is 6.69. The third-order valence-corrected chi connectivity index (χ3v) is 5.28. The molecule has 1 aromatic heterocycles. The predicted molar refractivity (Wildman–Crippen MR) is 61.4 cm³/mol. The molecule has 0 bridgehead atoms. The molecule has 0 aliphatic carbocycles. The summed E-state index contributed by atoms with van der Waals surface area (Å²) in [6.45, 7) is 0. The van der Waals surface area contributed by atoms with Crippen LogP contribution < -0.4 is 0 Å². The van der Waals surface area contributed by atoms with Crippen molar-refractivity contribution in [3.05, 3.63) is 17.8 Å². The van der Waals surface area contributed by atoms with Gasteiger partial charge < -0.3 is 9.21 Å². The number of hydrogen-bond acceptors (Lipinski definition) is 5. The number of hydrogen-bond donors (Lipinski definition) is 0. The van der Waals surface area contributed by atoms with Crippen molar-refractivity contribution in [2.24, 2.45) is 0 Å². The summed E-state index contributed by atoms with van der Waals surface area (Å²) in [7, 11) is -2.99. The first-order valence-electron chi connectivity index (χ1n) is 5.70. The molecule has 0 aromatic carbocycles. The van der Waals surface area contributed by atoms with E-state index in [1.807, 2.05) is 0 Å². The van der Waals surface area contributed by atoms with Crippen molar-refractivity contribution in [1.29, 1.82) is 0 Å². The van der Waals surface area contributed by atoms with E-state index < -0.39 is 9.84 Å². The third-order valence-electron chi connectivity index (χ3n) is 3.01. The van der Waals surface area contributed by atoms with Crippen LogP contribution in [0.3, 0.4) is 0 Å². The Morgan fingerprint density at radius 1 is 1.47 bits per heavy atom. The lowest BCUT2D eigenvalue weighted by molar-refractivity contribution is -0.107. The second kappa shape index (κ2) is 5.00. The van der Waals surface area contributed by atoms with Gasteiger partial charge in [-0.2, -0.15) is 0 Å². The van der Waals surface area contributed by atoms with E-state index >= 15 is 0 Å². The minimum Gasteiger partial charge on any atom is -0.449 e. The van der Waals surface area contributed by atoms with Gasteiger partial charge >= 0.3 is 0 Å². The summed E-state index contributed by atoms with van der Waals surface area (Å²) in [5.41, 5.74) is 0.559. The Labute approximate surface area is 100 Å². The number of rotatable bonds is 4. The van der Waals surface area contributed by atoms with Crippen LogP contribution in [0.15, 0.2) is 10.7 Å². The van der Waals surface area contributed by atoms with Crippen molar-refractivity contribution in [3.8, 4) is 0 Å². The van der Waals surface area contributed by atoms with Gasteiger partial charge in [0.1, 0.15) is 12.5 Å². The van der Waals surface area contributed by atoms with Crippen molar-refractivity contribution in [2.45, 2.75) is 37.4 Å². The van der Waals surface area contributed by atoms with E-state index in [-0.39, 0.29) is 17.4 Å². The number of oxazole rings is 1. The Hall–Kier alpha value is -1.17. The highest BCUT2D eigenvalue weighted by molar-refractivity contribution is 7.92. The molecule has 5 nitrogen and oxygen atoms in total. The van der Waals surface area contributed by atoms with Gasteiger partial charge in [-0.25, -0.2) is 13.4 Å². The van der Waals surface area contributed by atoms with Crippen LogP contribution >= 0.6 is 0 Å². The Kier molecular flexibility index (Phi) is 3.61. The van der Waals surface area contributed by atoms with E-state index in [1.165, 1.54) is 6.26 Å². The third kappa shape index (κ3) is 2.94. The molecule has 0 saturated carbocycles. The van der Waals surface area contributed by atoms with Crippen LogP contribution in [0.1, 0.15) is 30.8 Å². The first-order chi connectivity index (χ1) is 8.12. The smallest absolute Gasteiger partial charge is 0.195 e. The number of aromatic nitrogens is 1. The standard InChI is InChI=1S/C11H15NO4S/c13-5-4-9-8-16-11(12-9)7-10-3-1-2-6-17(10,14)15/h5,8,10H,1-4,6-7H2. The van der Waals surface area contributed by atoms with Crippen LogP contribution in [0.25, 0.3) is 0 Å². The van der Waals surface area contributed by atoms with Crippen LogP contribution in [-0.4, -0.2) is 30.7 Å². The molecule has 1 unspecified atom stereocenters. The summed E-state index contributed by atoms with van der Waals surface area (Å²) in [4.78, 5) is 14.4. The van der Waals surface area contributed by atoms with Crippen LogP contribution in [0.4, 0.5) is 0 Å². The van der Waals surface area contributed by atoms with E-state index in [0.717, 1.165) is 19.1 Å². The molecule has 0 amide bonds. The maximum absolute atomic E-state index is 11.8. The van der Waals surface area contributed by atoms with Gasteiger partial charge in [-0.05, 0) is 12.8 Å². The molecule has 1 aromatic rings. The Morgan fingerprint density at radius 3 is 3.00 bits per heavy atom. The molecular weight excluding hydrogens is 242 g/mol. The summed E-state index contributed by atoms with van der Waals surface area (Å²) in [6.07, 6.45) is 5.06. The number of carbonyl (C=O) groups excluding carboxylic acids is 1. The molecule has 0 radical (unpaired) electrons. The lowest BCUT2D eigenvalue weighted by Gasteiger charge is -2.20. The molecule has 1 saturated heterocycles. The van der Waals surface area contributed by atoms with Gasteiger partial charge in [0.15, 0.2) is 15.7 Å². The lowest BCUT2D eigenvalue weighted by Crippen LogP contribution is -2.30. The van der Waals surface area contributed by atoms with E-state index in [1.54, 1.807) is 0 Å². The first-order valence-corrected chi connectivity index (χ1v) is 7.42. The highest BCUT2D eigenvalue weighted by Gasteiger charge is 2.30. The SMILES string of the molecule is O=CCc1coc(CC2CCCCS2(=O)=O)n1. The molecule has 1 aliphatic rings. The zero-order valence-electron chi connectivity index (χ0n) is 9.46. The second-order valence-electron chi connectivity index (χ2n) is 4.29. The molecule has 17 heavy (non-hydrogen) atoms. The van der Waals surface area contributed by atoms with Crippen molar-refractivity contribution in [2.75, 3.05) is 5.75 Å². The summed E-state index contributed by atoms with van der Waals surface area (Å²) in [6, 6.07) is 0. The topological polar surface area (TPSA) is 77.2 Å². The summed E-state index contributed by atoms with van der Waals surface area (Å²) in [5, 5.41) is -0.376. The molecule has 6 heteroatoms. The number of nitrogens with zero attached hydrogens (tertiary/aromatic N) is 1. The molecule has 2 rings (SSSR count). The average molecular weight is 257 g/mol.